The van der Waals surface area contributed by atoms with Crippen molar-refractivity contribution in [1.82, 2.24) is 0 Å². The minimum absolute atomic E-state index is 0.201. The van der Waals surface area contributed by atoms with Gasteiger partial charge in [0.2, 0.25) is 0 Å². The Labute approximate surface area is 189 Å². The second-order valence-corrected chi connectivity index (χ2v) is 7.97. The molecule has 3 aromatic carbocycles. The van der Waals surface area contributed by atoms with Crippen molar-refractivity contribution < 1.29 is 9.53 Å². The van der Waals surface area contributed by atoms with Crippen LogP contribution in [-0.4, -0.2) is 32.9 Å². The lowest BCUT2D eigenvalue weighted by atomic mass is 9.96. The molecule has 1 unspecified atom stereocenters. The van der Waals surface area contributed by atoms with Crippen LogP contribution in [0.25, 0.3) is 11.1 Å². The molecule has 0 heterocycles. The summed E-state index contributed by atoms with van der Waals surface area (Å²) in [6.07, 6.45) is 1.59. The van der Waals surface area contributed by atoms with Crippen LogP contribution in [0.5, 0.6) is 0 Å². The maximum Gasteiger partial charge on any atom is 0.302 e. The molecule has 166 valence electrons. The van der Waals surface area contributed by atoms with Gasteiger partial charge in [0.15, 0.2) is 0 Å². The van der Waals surface area contributed by atoms with E-state index in [-0.39, 0.29) is 18.6 Å². The van der Waals surface area contributed by atoms with Crippen LogP contribution in [0.4, 0.5) is 11.4 Å². The fraction of sp³-hybridized carbons (Fsp3) is 0.231. The minimum Gasteiger partial charge on any atom is -0.463 e. The molecule has 0 fully saturated rings. The smallest absolute Gasteiger partial charge is 0.302 e. The van der Waals surface area contributed by atoms with E-state index in [1.54, 1.807) is 6.21 Å². The van der Waals surface area contributed by atoms with Crippen molar-refractivity contribution in [3.63, 3.8) is 0 Å². The van der Waals surface area contributed by atoms with Gasteiger partial charge in [-0.15, -0.1) is 0 Å². The van der Waals surface area contributed by atoms with Gasteiger partial charge in [-0.2, -0.15) is 5.10 Å². The van der Waals surface area contributed by atoms with E-state index in [1.807, 2.05) is 38.4 Å². The summed E-state index contributed by atoms with van der Waals surface area (Å²) >= 11 is 0. The third kappa shape index (κ3) is 6.11. The third-order valence-corrected chi connectivity index (χ3v) is 5.15. The van der Waals surface area contributed by atoms with Crippen LogP contribution in [0.1, 0.15) is 29.7 Å². The number of nitrogens with two attached hydrogens (primary N) is 1. The van der Waals surface area contributed by atoms with Gasteiger partial charge in [0.25, 0.3) is 0 Å². The lowest BCUT2D eigenvalue weighted by Crippen LogP contribution is -2.19. The number of benzene rings is 3. The molecule has 3 N–H and O–H groups in total. The molecule has 0 aliphatic carbocycles. The predicted molar refractivity (Wildman–Crippen MR) is 132 cm³/mol. The number of nitrogens with one attached hydrogen (secondary N) is 1. The van der Waals surface area contributed by atoms with Gasteiger partial charge >= 0.3 is 5.97 Å². The van der Waals surface area contributed by atoms with Crippen LogP contribution >= 0.6 is 0 Å². The lowest BCUT2D eigenvalue weighted by molar-refractivity contribution is -0.141. The van der Waals surface area contributed by atoms with Crippen molar-refractivity contribution in [2.24, 2.45) is 10.9 Å². The molecule has 0 amide bonds. The van der Waals surface area contributed by atoms with Crippen LogP contribution in [0.15, 0.2) is 71.8 Å². The number of ether oxygens (including phenoxy) is 1. The van der Waals surface area contributed by atoms with E-state index in [4.69, 9.17) is 10.6 Å². The Hall–Kier alpha value is -3.80. The molecule has 0 aliphatic heterocycles. The summed E-state index contributed by atoms with van der Waals surface area (Å²) in [6.45, 7) is 3.72. The fourth-order valence-corrected chi connectivity index (χ4v) is 3.51. The fourth-order valence-electron chi connectivity index (χ4n) is 3.51. The number of nitrogens with zero attached hydrogens (tertiary/aromatic N) is 2. The van der Waals surface area contributed by atoms with Crippen LogP contribution in [0, 0.1) is 6.92 Å². The molecule has 0 spiro atoms. The number of hydrogen-bond donors (Lipinski definition) is 2. The van der Waals surface area contributed by atoms with Crippen molar-refractivity contribution in [2.45, 2.75) is 19.9 Å². The van der Waals surface area contributed by atoms with Gasteiger partial charge in [-0.05, 0) is 59.5 Å². The highest BCUT2D eigenvalue weighted by Crippen LogP contribution is 2.29. The first kappa shape index (κ1) is 22.9. The molecule has 0 bridgehead atoms. The standard InChI is InChI=1S/C26H30N4O2/c1-18-13-22(21-7-11-25(12-8-21)30(3)4)15-23(14-18)26(17-32-19(2)31)29-24-9-5-20(6-10-24)16-28-27/h5-16,26,29H,17,27H2,1-4H3. The monoisotopic (exact) mass is 430 g/mol. The molecule has 0 saturated carbocycles. The zero-order valence-corrected chi connectivity index (χ0v) is 19.0. The number of rotatable bonds is 8. The Morgan fingerprint density at radius 3 is 2.34 bits per heavy atom. The van der Waals surface area contributed by atoms with Crippen molar-refractivity contribution >= 4 is 23.6 Å². The van der Waals surface area contributed by atoms with E-state index in [0.29, 0.717) is 0 Å². The van der Waals surface area contributed by atoms with Gasteiger partial charge in [-0.25, -0.2) is 0 Å². The molecule has 0 aliphatic rings. The van der Waals surface area contributed by atoms with E-state index in [1.165, 1.54) is 6.92 Å². The van der Waals surface area contributed by atoms with Gasteiger partial charge in [0.1, 0.15) is 6.61 Å². The first-order valence-corrected chi connectivity index (χ1v) is 10.5. The van der Waals surface area contributed by atoms with Crippen molar-refractivity contribution in [1.29, 1.82) is 0 Å². The molecule has 0 saturated heterocycles. The van der Waals surface area contributed by atoms with Crippen LogP contribution in [0.2, 0.25) is 0 Å². The van der Waals surface area contributed by atoms with Crippen molar-refractivity contribution in [3.8, 4) is 11.1 Å². The second kappa shape index (κ2) is 10.5. The van der Waals surface area contributed by atoms with E-state index < -0.39 is 0 Å². The van der Waals surface area contributed by atoms with Crippen LogP contribution in [0.3, 0.4) is 0 Å². The van der Waals surface area contributed by atoms with Gasteiger partial charge in [-0.3, -0.25) is 4.79 Å². The Morgan fingerprint density at radius 1 is 1.06 bits per heavy atom. The molecular formula is C26H30N4O2. The molecule has 1 atom stereocenters. The summed E-state index contributed by atoms with van der Waals surface area (Å²) in [4.78, 5) is 13.6. The lowest BCUT2D eigenvalue weighted by Gasteiger charge is -2.22. The number of anilines is 2. The van der Waals surface area contributed by atoms with E-state index >= 15 is 0 Å². The predicted octanol–water partition coefficient (Wildman–Crippen LogP) is 4.74. The molecule has 6 heteroatoms. The quantitative estimate of drug-likeness (QED) is 0.234. The molecule has 6 nitrogen and oxygen atoms in total. The summed E-state index contributed by atoms with van der Waals surface area (Å²) < 4.78 is 5.38. The van der Waals surface area contributed by atoms with E-state index in [0.717, 1.165) is 39.2 Å². The average molecular weight is 431 g/mol. The SMILES string of the molecule is CC(=O)OCC(Nc1ccc(C=NN)cc1)c1cc(C)cc(-c2ccc(N(C)C)cc2)c1. The van der Waals surface area contributed by atoms with Crippen molar-refractivity contribution in [2.75, 3.05) is 30.9 Å². The van der Waals surface area contributed by atoms with Gasteiger partial charge < -0.3 is 20.8 Å². The Balaban J connectivity index is 1.92. The maximum absolute atomic E-state index is 11.5. The maximum atomic E-state index is 11.5. The minimum atomic E-state index is -0.307. The average Bonchev–Trinajstić information content (AvgIpc) is 2.77. The number of aryl methyl sites for hydroxylation is 1. The number of carbonyl (C=O) groups is 1. The highest BCUT2D eigenvalue weighted by atomic mass is 16.5. The molecule has 32 heavy (non-hydrogen) atoms. The van der Waals surface area contributed by atoms with Crippen LogP contribution in [-0.2, 0) is 9.53 Å². The Kier molecular flexibility index (Phi) is 7.49. The number of hydrogen-bond acceptors (Lipinski definition) is 6. The highest BCUT2D eigenvalue weighted by Gasteiger charge is 2.15. The van der Waals surface area contributed by atoms with Gasteiger partial charge in [0, 0.05) is 32.4 Å². The Morgan fingerprint density at radius 2 is 1.75 bits per heavy atom. The van der Waals surface area contributed by atoms with E-state index in [2.05, 4.69) is 64.7 Å². The topological polar surface area (TPSA) is 79.9 Å². The van der Waals surface area contributed by atoms with Crippen LogP contribution < -0.4 is 16.1 Å². The normalized spacial score (nSPS) is 11.9. The zero-order chi connectivity index (χ0) is 23.1. The largest absolute Gasteiger partial charge is 0.463 e. The van der Waals surface area contributed by atoms with E-state index in [9.17, 15) is 4.79 Å². The first-order valence-electron chi connectivity index (χ1n) is 10.5. The summed E-state index contributed by atoms with van der Waals surface area (Å²) in [5, 5.41) is 7.04. The third-order valence-electron chi connectivity index (χ3n) is 5.15. The molecule has 3 rings (SSSR count). The summed E-state index contributed by atoms with van der Waals surface area (Å²) in [5.74, 6) is 4.92. The molecule has 0 aromatic heterocycles. The molecular weight excluding hydrogens is 400 g/mol. The van der Waals surface area contributed by atoms with Gasteiger partial charge in [0.05, 0.1) is 12.3 Å². The summed E-state index contributed by atoms with van der Waals surface area (Å²) in [6, 6.07) is 22.5. The number of hydrazone groups is 1. The molecule has 3 aromatic rings. The first-order chi connectivity index (χ1) is 15.4. The molecule has 0 radical (unpaired) electrons. The second-order valence-electron chi connectivity index (χ2n) is 7.97. The zero-order valence-electron chi connectivity index (χ0n) is 19.0. The van der Waals surface area contributed by atoms with Crippen molar-refractivity contribution in [3.05, 3.63) is 83.4 Å². The highest BCUT2D eigenvalue weighted by molar-refractivity contribution is 5.80. The Bertz CT molecular complexity index is 1070. The number of esters is 1. The summed E-state index contributed by atoms with van der Waals surface area (Å²) in [7, 11) is 4.06. The number of carbonyl (C=O) groups excluding carboxylic acids is 1. The summed E-state index contributed by atoms with van der Waals surface area (Å²) in [5.41, 5.74) is 7.41. The van der Waals surface area contributed by atoms with Gasteiger partial charge in [-0.1, -0.05) is 42.0 Å².